The number of amides is 1. The summed E-state index contributed by atoms with van der Waals surface area (Å²) in [5.41, 5.74) is 3.74. The molecule has 29 heavy (non-hydrogen) atoms. The summed E-state index contributed by atoms with van der Waals surface area (Å²) in [6, 6.07) is 20.9. The van der Waals surface area contributed by atoms with Gasteiger partial charge >= 0.3 is 0 Å². The van der Waals surface area contributed by atoms with Crippen LogP contribution >= 0.6 is 0 Å². The fourth-order valence-electron chi connectivity index (χ4n) is 2.91. The standard InChI is InChI=1S/C23H24N2O3S/c1-16-11-13-19(14-12-16)18(3)24-23(26)20-8-6-9-21(15-20)29(27,28)25-22-10-5-4-7-17(22)2/h4-15,18,25H,1-3H3,(H,24,26)/t18-/m1/s1. The fourth-order valence-corrected chi connectivity index (χ4v) is 4.09. The van der Waals surface area contributed by atoms with E-state index < -0.39 is 10.0 Å². The second-order valence-electron chi connectivity index (χ2n) is 7.05. The van der Waals surface area contributed by atoms with Crippen LogP contribution in [0, 0.1) is 13.8 Å². The third kappa shape index (κ3) is 5.03. The Morgan fingerprint density at radius 2 is 1.59 bits per heavy atom. The van der Waals surface area contributed by atoms with Gasteiger partial charge in [-0.05, 0) is 56.2 Å². The molecule has 0 aromatic heterocycles. The van der Waals surface area contributed by atoms with E-state index in [2.05, 4.69) is 10.0 Å². The minimum absolute atomic E-state index is 0.0383. The van der Waals surface area contributed by atoms with Crippen LogP contribution in [-0.4, -0.2) is 14.3 Å². The van der Waals surface area contributed by atoms with E-state index in [1.807, 2.05) is 57.2 Å². The molecule has 150 valence electrons. The highest BCUT2D eigenvalue weighted by Gasteiger charge is 2.18. The van der Waals surface area contributed by atoms with Crippen molar-refractivity contribution in [3.63, 3.8) is 0 Å². The number of sulfonamides is 1. The summed E-state index contributed by atoms with van der Waals surface area (Å²) >= 11 is 0. The molecule has 2 N–H and O–H groups in total. The molecule has 0 saturated heterocycles. The van der Waals surface area contributed by atoms with Gasteiger partial charge < -0.3 is 5.32 Å². The third-order valence-corrected chi connectivity index (χ3v) is 6.08. The predicted molar refractivity (Wildman–Crippen MR) is 115 cm³/mol. The largest absolute Gasteiger partial charge is 0.346 e. The number of para-hydroxylation sites is 1. The average molecular weight is 409 g/mol. The van der Waals surface area contributed by atoms with Crippen LogP contribution in [0.15, 0.2) is 77.7 Å². The lowest BCUT2D eigenvalue weighted by Gasteiger charge is -2.15. The predicted octanol–water partition coefficient (Wildman–Crippen LogP) is 4.60. The monoisotopic (exact) mass is 408 g/mol. The van der Waals surface area contributed by atoms with Crippen molar-refractivity contribution in [3.8, 4) is 0 Å². The summed E-state index contributed by atoms with van der Waals surface area (Å²) in [6.45, 7) is 5.72. The van der Waals surface area contributed by atoms with Crippen LogP contribution in [0.3, 0.4) is 0 Å². The Balaban J connectivity index is 1.78. The number of aryl methyl sites for hydroxylation is 2. The van der Waals surface area contributed by atoms with Gasteiger partial charge in [0.05, 0.1) is 16.6 Å². The first-order valence-electron chi connectivity index (χ1n) is 9.32. The summed E-state index contributed by atoms with van der Waals surface area (Å²) in [4.78, 5) is 12.7. The van der Waals surface area contributed by atoms with Gasteiger partial charge in [-0.3, -0.25) is 9.52 Å². The molecule has 0 bridgehead atoms. The highest BCUT2D eigenvalue weighted by atomic mass is 32.2. The molecule has 0 aliphatic rings. The Bertz CT molecular complexity index is 1120. The van der Waals surface area contributed by atoms with Crippen molar-refractivity contribution in [2.45, 2.75) is 31.7 Å². The number of anilines is 1. The van der Waals surface area contributed by atoms with E-state index in [0.717, 1.165) is 16.7 Å². The maximum atomic E-state index is 12.8. The van der Waals surface area contributed by atoms with Crippen LogP contribution in [0.25, 0.3) is 0 Å². The maximum Gasteiger partial charge on any atom is 0.261 e. The topological polar surface area (TPSA) is 75.3 Å². The molecular weight excluding hydrogens is 384 g/mol. The van der Waals surface area contributed by atoms with Gasteiger partial charge in [0.1, 0.15) is 0 Å². The molecule has 3 rings (SSSR count). The van der Waals surface area contributed by atoms with Gasteiger partial charge in [0.25, 0.3) is 15.9 Å². The molecule has 0 saturated carbocycles. The molecule has 6 heteroatoms. The van der Waals surface area contributed by atoms with Gasteiger partial charge in [-0.1, -0.05) is 54.1 Å². The minimum Gasteiger partial charge on any atom is -0.346 e. The lowest BCUT2D eigenvalue weighted by atomic mass is 10.1. The lowest BCUT2D eigenvalue weighted by Crippen LogP contribution is -2.27. The normalized spacial score (nSPS) is 12.2. The minimum atomic E-state index is -3.81. The summed E-state index contributed by atoms with van der Waals surface area (Å²) in [7, 11) is -3.81. The average Bonchev–Trinajstić information content (AvgIpc) is 2.70. The van der Waals surface area contributed by atoms with E-state index in [9.17, 15) is 13.2 Å². The summed E-state index contributed by atoms with van der Waals surface area (Å²) in [5.74, 6) is -0.328. The maximum absolute atomic E-state index is 12.8. The molecule has 0 radical (unpaired) electrons. The van der Waals surface area contributed by atoms with Crippen LogP contribution in [-0.2, 0) is 10.0 Å². The van der Waals surface area contributed by atoms with Crippen molar-refractivity contribution in [2.75, 3.05) is 4.72 Å². The molecule has 3 aromatic carbocycles. The smallest absolute Gasteiger partial charge is 0.261 e. The first-order chi connectivity index (χ1) is 13.8. The van der Waals surface area contributed by atoms with Crippen molar-refractivity contribution in [1.82, 2.24) is 5.32 Å². The van der Waals surface area contributed by atoms with E-state index in [0.29, 0.717) is 5.69 Å². The van der Waals surface area contributed by atoms with E-state index in [-0.39, 0.29) is 22.4 Å². The number of rotatable bonds is 6. The Morgan fingerprint density at radius 1 is 0.897 bits per heavy atom. The molecule has 0 fully saturated rings. The second kappa shape index (κ2) is 8.49. The van der Waals surface area contributed by atoms with Crippen molar-refractivity contribution >= 4 is 21.6 Å². The zero-order chi connectivity index (χ0) is 21.0. The van der Waals surface area contributed by atoms with Crippen molar-refractivity contribution in [2.24, 2.45) is 0 Å². The number of hydrogen-bond donors (Lipinski definition) is 2. The van der Waals surface area contributed by atoms with Crippen LogP contribution in [0.5, 0.6) is 0 Å². The second-order valence-corrected chi connectivity index (χ2v) is 8.74. The van der Waals surface area contributed by atoms with Gasteiger partial charge in [0, 0.05) is 5.56 Å². The van der Waals surface area contributed by atoms with E-state index in [1.165, 1.54) is 12.1 Å². The zero-order valence-electron chi connectivity index (χ0n) is 16.6. The van der Waals surface area contributed by atoms with Gasteiger partial charge in [-0.2, -0.15) is 0 Å². The number of hydrogen-bond acceptors (Lipinski definition) is 3. The first-order valence-corrected chi connectivity index (χ1v) is 10.8. The molecule has 3 aromatic rings. The third-order valence-electron chi connectivity index (χ3n) is 4.72. The van der Waals surface area contributed by atoms with Crippen LogP contribution < -0.4 is 10.0 Å². The first kappa shape index (κ1) is 20.6. The van der Waals surface area contributed by atoms with E-state index >= 15 is 0 Å². The van der Waals surface area contributed by atoms with E-state index in [1.54, 1.807) is 24.3 Å². The van der Waals surface area contributed by atoms with Crippen molar-refractivity contribution < 1.29 is 13.2 Å². The van der Waals surface area contributed by atoms with Gasteiger partial charge in [0.15, 0.2) is 0 Å². The molecule has 0 heterocycles. The van der Waals surface area contributed by atoms with Crippen LogP contribution in [0.1, 0.15) is 40.0 Å². The molecular formula is C23H24N2O3S. The Labute approximate surface area is 171 Å². The summed E-state index contributed by atoms with van der Waals surface area (Å²) < 4.78 is 28.1. The van der Waals surface area contributed by atoms with Crippen molar-refractivity contribution in [3.05, 3.63) is 95.1 Å². The van der Waals surface area contributed by atoms with Crippen molar-refractivity contribution in [1.29, 1.82) is 0 Å². The Morgan fingerprint density at radius 3 is 2.28 bits per heavy atom. The molecule has 1 atom stereocenters. The van der Waals surface area contributed by atoms with Gasteiger partial charge in [0.2, 0.25) is 0 Å². The number of carbonyl (C=O) groups is 1. The number of carbonyl (C=O) groups excluding carboxylic acids is 1. The van der Waals surface area contributed by atoms with Gasteiger partial charge in [-0.15, -0.1) is 0 Å². The molecule has 1 amide bonds. The fraction of sp³-hybridized carbons (Fsp3) is 0.174. The molecule has 5 nitrogen and oxygen atoms in total. The molecule has 0 unspecified atom stereocenters. The zero-order valence-corrected chi connectivity index (χ0v) is 17.5. The Kier molecular flexibility index (Phi) is 6.03. The van der Waals surface area contributed by atoms with E-state index in [4.69, 9.17) is 0 Å². The molecule has 0 aliphatic carbocycles. The summed E-state index contributed by atoms with van der Waals surface area (Å²) in [5, 5.41) is 2.92. The molecule has 0 aliphatic heterocycles. The van der Waals surface area contributed by atoms with Crippen LogP contribution in [0.2, 0.25) is 0 Å². The molecule has 0 spiro atoms. The highest BCUT2D eigenvalue weighted by Crippen LogP contribution is 2.20. The SMILES string of the molecule is Cc1ccc([C@@H](C)NC(=O)c2cccc(S(=O)(=O)Nc3ccccc3C)c2)cc1. The van der Waals surface area contributed by atoms with Crippen LogP contribution in [0.4, 0.5) is 5.69 Å². The highest BCUT2D eigenvalue weighted by molar-refractivity contribution is 7.92. The quantitative estimate of drug-likeness (QED) is 0.626. The van der Waals surface area contributed by atoms with Gasteiger partial charge in [-0.25, -0.2) is 8.42 Å². The Hall–Kier alpha value is -3.12. The number of nitrogens with one attached hydrogen (secondary N) is 2. The lowest BCUT2D eigenvalue weighted by molar-refractivity contribution is 0.0939. The summed E-state index contributed by atoms with van der Waals surface area (Å²) in [6.07, 6.45) is 0. The number of benzene rings is 3.